The zero-order chi connectivity index (χ0) is 36.3. The Morgan fingerprint density at radius 2 is 1.65 bits per heavy atom. The molecule has 2 aromatic carbocycles. The van der Waals surface area contributed by atoms with Gasteiger partial charge in [-0.25, -0.2) is 14.6 Å². The van der Waals surface area contributed by atoms with Crippen molar-refractivity contribution in [2.24, 2.45) is 5.92 Å². The highest BCUT2D eigenvalue weighted by molar-refractivity contribution is 8.21. The Balaban J connectivity index is 1.05. The second kappa shape index (κ2) is 15.4. The number of likely N-dealkylation sites (tertiary alicyclic amines) is 2. The van der Waals surface area contributed by atoms with Crippen molar-refractivity contribution < 1.29 is 33.8 Å². The fourth-order valence-corrected chi connectivity index (χ4v) is 10.2. The van der Waals surface area contributed by atoms with Gasteiger partial charge in [-0.15, -0.1) is 23.5 Å². The number of rotatable bonds is 10. The van der Waals surface area contributed by atoms with Gasteiger partial charge in [-0.05, 0) is 29.9 Å². The highest BCUT2D eigenvalue weighted by Crippen LogP contribution is 2.51. The summed E-state index contributed by atoms with van der Waals surface area (Å²) in [7, 11) is 1.27. The van der Waals surface area contributed by atoms with Crippen molar-refractivity contribution in [3.63, 3.8) is 0 Å². The zero-order valence-electron chi connectivity index (χ0n) is 28.7. The van der Waals surface area contributed by atoms with Gasteiger partial charge in [0.05, 0.1) is 29.5 Å². The average Bonchev–Trinajstić information content (AvgIpc) is 3.96. The minimum Gasteiger partial charge on any atom is -0.465 e. The summed E-state index contributed by atoms with van der Waals surface area (Å²) in [4.78, 5) is 74.2. The number of nitrogens with one attached hydrogen (secondary N) is 3. The van der Waals surface area contributed by atoms with Gasteiger partial charge in [0.1, 0.15) is 17.9 Å². The predicted octanol–water partition coefficient (Wildman–Crippen LogP) is 5.02. The molecule has 1 aromatic heterocycles. The van der Waals surface area contributed by atoms with Gasteiger partial charge in [0.2, 0.25) is 11.8 Å². The standard InChI is InChI=1S/C36H42N6O7S2/c1-21(2)30(40-34(46)49-3)33(45)41-14-4-5-27(41)31-37-18-26(39-31)24-10-6-22(7-11-24)23-8-12-25(13-9-23)29(43)19-38-32(44)28-17-36(50-15-16-51-36)20-42(28)35(47)48/h6-13,18,21,27-28,30H,4-5,14-17,19-20H2,1-3H3,(H,37,39)(H,38,44)(H,40,46)(H,47,48)/t27-,28?,30-/m0/s1. The van der Waals surface area contributed by atoms with Crippen LogP contribution in [0.4, 0.5) is 9.59 Å². The first kappa shape index (κ1) is 36.3. The van der Waals surface area contributed by atoms with Crippen LogP contribution in [0.25, 0.3) is 22.4 Å². The van der Waals surface area contributed by atoms with Gasteiger partial charge in [0.25, 0.3) is 0 Å². The van der Waals surface area contributed by atoms with Gasteiger partial charge < -0.3 is 30.4 Å². The molecule has 3 aliphatic heterocycles. The summed E-state index contributed by atoms with van der Waals surface area (Å²) in [5, 5.41) is 15.0. The summed E-state index contributed by atoms with van der Waals surface area (Å²) in [5.74, 6) is 1.56. The lowest BCUT2D eigenvalue weighted by atomic mass is 10.0. The van der Waals surface area contributed by atoms with Gasteiger partial charge >= 0.3 is 12.2 Å². The number of aromatic amines is 1. The quantitative estimate of drug-likeness (QED) is 0.207. The van der Waals surface area contributed by atoms with Gasteiger partial charge in [0, 0.05) is 48.3 Å². The van der Waals surface area contributed by atoms with E-state index >= 15 is 0 Å². The van der Waals surface area contributed by atoms with E-state index in [0.29, 0.717) is 30.9 Å². The van der Waals surface area contributed by atoms with Crippen LogP contribution in [0.2, 0.25) is 0 Å². The Kier molecular flexibility index (Phi) is 11.0. The highest BCUT2D eigenvalue weighted by Gasteiger charge is 2.51. The lowest BCUT2D eigenvalue weighted by Crippen LogP contribution is -2.51. The first-order valence-electron chi connectivity index (χ1n) is 17.0. The predicted molar refractivity (Wildman–Crippen MR) is 195 cm³/mol. The number of ketones is 1. The third-order valence-corrected chi connectivity index (χ3v) is 13.1. The Bertz CT molecular complexity index is 1770. The smallest absolute Gasteiger partial charge is 0.408 e. The van der Waals surface area contributed by atoms with Crippen molar-refractivity contribution >= 4 is 53.3 Å². The molecule has 3 aromatic rings. The number of carbonyl (C=O) groups is 5. The lowest BCUT2D eigenvalue weighted by molar-refractivity contribution is -0.135. The van der Waals surface area contributed by atoms with E-state index in [1.54, 1.807) is 40.6 Å². The van der Waals surface area contributed by atoms with Crippen LogP contribution in [0.1, 0.15) is 55.3 Å². The van der Waals surface area contributed by atoms with Crippen LogP contribution in [0.15, 0.2) is 54.7 Å². The van der Waals surface area contributed by atoms with Gasteiger partial charge in [-0.3, -0.25) is 19.3 Å². The number of amides is 4. The number of Topliss-reactive ketones (excluding diaryl/α,β-unsaturated/α-hetero) is 1. The zero-order valence-corrected chi connectivity index (χ0v) is 30.4. The average molecular weight is 735 g/mol. The van der Waals surface area contributed by atoms with Crippen LogP contribution < -0.4 is 10.6 Å². The topological polar surface area (TPSA) is 174 Å². The number of carboxylic acid groups (broad SMARTS) is 1. The Morgan fingerprint density at radius 1 is 1.00 bits per heavy atom. The summed E-state index contributed by atoms with van der Waals surface area (Å²) >= 11 is 3.41. The van der Waals surface area contributed by atoms with Crippen molar-refractivity contribution in [3.8, 4) is 22.4 Å². The van der Waals surface area contributed by atoms with Crippen LogP contribution in [-0.2, 0) is 14.3 Å². The number of hydrogen-bond acceptors (Lipinski definition) is 9. The van der Waals surface area contributed by atoms with Crippen molar-refractivity contribution in [1.29, 1.82) is 0 Å². The molecule has 1 unspecified atom stereocenters. The van der Waals surface area contributed by atoms with E-state index in [4.69, 9.17) is 9.72 Å². The maximum atomic E-state index is 13.5. The molecular weight excluding hydrogens is 693 g/mol. The first-order chi connectivity index (χ1) is 24.5. The third-order valence-electron chi connectivity index (χ3n) is 9.64. The van der Waals surface area contributed by atoms with Crippen LogP contribution in [0.3, 0.4) is 0 Å². The van der Waals surface area contributed by atoms with E-state index in [1.807, 2.05) is 56.4 Å². The fourth-order valence-electron chi connectivity index (χ4n) is 6.90. The molecule has 13 nitrogen and oxygen atoms in total. The molecule has 0 saturated carbocycles. The summed E-state index contributed by atoms with van der Waals surface area (Å²) in [6.07, 6.45) is 2.08. The van der Waals surface area contributed by atoms with E-state index in [1.165, 1.54) is 12.0 Å². The van der Waals surface area contributed by atoms with Crippen LogP contribution in [-0.4, -0.2) is 109 Å². The number of hydrogen-bond donors (Lipinski definition) is 4. The van der Waals surface area contributed by atoms with Gasteiger partial charge in [0.15, 0.2) is 5.78 Å². The molecule has 0 aliphatic carbocycles. The summed E-state index contributed by atoms with van der Waals surface area (Å²) < 4.78 is 4.44. The molecule has 0 radical (unpaired) electrons. The Labute approximate surface area is 304 Å². The number of methoxy groups -OCH3 is 1. The minimum absolute atomic E-state index is 0.119. The molecule has 3 aliphatic rings. The molecule has 51 heavy (non-hydrogen) atoms. The largest absolute Gasteiger partial charge is 0.465 e. The number of nitrogens with zero attached hydrogens (tertiary/aromatic N) is 3. The van der Waals surface area contributed by atoms with Crippen molar-refractivity contribution in [2.45, 2.75) is 55.3 Å². The molecule has 1 spiro atoms. The first-order valence-corrected chi connectivity index (χ1v) is 19.0. The van der Waals surface area contributed by atoms with Gasteiger partial charge in [-0.1, -0.05) is 62.4 Å². The van der Waals surface area contributed by atoms with Crippen molar-refractivity contribution in [2.75, 3.05) is 38.2 Å². The number of alkyl carbamates (subject to hydrolysis) is 1. The Morgan fingerprint density at radius 3 is 2.27 bits per heavy atom. The summed E-state index contributed by atoms with van der Waals surface area (Å²) in [6.45, 7) is 4.42. The SMILES string of the molecule is COC(=O)N[C@H](C(=O)N1CCC[C@H]1c1nc(-c2ccc(-c3ccc(C(=O)CNC(=O)C4CC5(CN4C(=O)O)SCCS5)cc3)cc2)c[nH]1)C(C)C. The molecule has 0 bridgehead atoms. The van der Waals surface area contributed by atoms with E-state index in [-0.39, 0.29) is 34.3 Å². The third kappa shape index (κ3) is 7.88. The number of thioether (sulfide) groups is 2. The molecule has 3 fully saturated rings. The van der Waals surface area contributed by atoms with Crippen LogP contribution in [0, 0.1) is 5.92 Å². The van der Waals surface area contributed by atoms with Gasteiger partial charge in [-0.2, -0.15) is 0 Å². The van der Waals surface area contributed by atoms with Crippen LogP contribution >= 0.6 is 23.5 Å². The molecule has 4 amide bonds. The van der Waals surface area contributed by atoms with E-state index in [2.05, 4.69) is 15.6 Å². The second-order valence-electron chi connectivity index (χ2n) is 13.3. The van der Waals surface area contributed by atoms with Crippen LogP contribution in [0.5, 0.6) is 0 Å². The summed E-state index contributed by atoms with van der Waals surface area (Å²) in [5.41, 5.74) is 3.93. The Hall–Kier alpha value is -4.50. The molecule has 6 rings (SSSR count). The number of H-pyrrole nitrogens is 1. The molecular formula is C36H42N6O7S2. The molecule has 4 heterocycles. The molecule has 270 valence electrons. The highest BCUT2D eigenvalue weighted by atomic mass is 32.2. The number of carbonyl (C=O) groups excluding carboxylic acids is 4. The lowest BCUT2D eigenvalue weighted by Gasteiger charge is -2.29. The van der Waals surface area contributed by atoms with Crippen molar-refractivity contribution in [3.05, 3.63) is 66.1 Å². The van der Waals surface area contributed by atoms with E-state index < -0.39 is 30.2 Å². The summed E-state index contributed by atoms with van der Waals surface area (Å²) in [6, 6.07) is 13.3. The monoisotopic (exact) mass is 734 g/mol. The van der Waals surface area contributed by atoms with Crippen molar-refractivity contribution in [1.82, 2.24) is 30.4 Å². The van der Waals surface area contributed by atoms with E-state index in [0.717, 1.165) is 46.7 Å². The molecule has 15 heteroatoms. The number of benzene rings is 2. The number of imidazole rings is 1. The maximum absolute atomic E-state index is 13.5. The number of aromatic nitrogens is 2. The normalized spacial score (nSPS) is 20.1. The van der Waals surface area contributed by atoms with E-state index in [9.17, 15) is 29.1 Å². The molecule has 4 N–H and O–H groups in total. The fraction of sp³-hybridized carbons (Fsp3) is 0.444. The second-order valence-corrected chi connectivity index (χ2v) is 16.5. The molecule has 3 atom stereocenters. The molecule has 3 saturated heterocycles. The minimum atomic E-state index is -1.12. The number of ether oxygens (including phenoxy) is 1. The maximum Gasteiger partial charge on any atom is 0.408 e.